The molecule has 1 aromatic rings. The van der Waals surface area contributed by atoms with E-state index in [1.165, 1.54) is 12.1 Å². The van der Waals surface area contributed by atoms with Crippen LogP contribution in [0.1, 0.15) is 26.7 Å². The molecular weight excluding hydrogens is 264 g/mol. The molecule has 0 aromatic carbocycles. The molecule has 0 aliphatic carbocycles. The maximum atomic E-state index is 10.8. The number of hydrogen-bond acceptors (Lipinski definition) is 6. The summed E-state index contributed by atoms with van der Waals surface area (Å²) in [5.41, 5.74) is 5.53. The molecular formula is C12H20N4O2S. The highest BCUT2D eigenvalue weighted by molar-refractivity contribution is 8.00. The van der Waals surface area contributed by atoms with E-state index in [2.05, 4.69) is 30.4 Å². The first-order chi connectivity index (χ1) is 8.96. The van der Waals surface area contributed by atoms with Crippen LogP contribution in [0.4, 0.5) is 17.3 Å². The van der Waals surface area contributed by atoms with Gasteiger partial charge in [-0.25, -0.2) is 4.98 Å². The van der Waals surface area contributed by atoms with Crippen molar-refractivity contribution >= 4 is 29.1 Å². The third-order valence-electron chi connectivity index (χ3n) is 3.35. The van der Waals surface area contributed by atoms with Crippen molar-refractivity contribution in [2.45, 2.75) is 31.4 Å². The third kappa shape index (κ3) is 3.99. The van der Waals surface area contributed by atoms with Gasteiger partial charge in [0.2, 0.25) is 0 Å². The molecule has 1 rings (SSSR count). The minimum Gasteiger partial charge on any atom is -0.383 e. The topological polar surface area (TPSA) is 94.1 Å². The molecule has 7 heteroatoms. The van der Waals surface area contributed by atoms with E-state index >= 15 is 0 Å². The fourth-order valence-electron chi connectivity index (χ4n) is 1.85. The molecule has 0 unspecified atom stereocenters. The van der Waals surface area contributed by atoms with Crippen molar-refractivity contribution in [3.05, 3.63) is 22.2 Å². The molecule has 106 valence electrons. The van der Waals surface area contributed by atoms with Crippen LogP contribution in [0.5, 0.6) is 0 Å². The summed E-state index contributed by atoms with van der Waals surface area (Å²) in [4.78, 5) is 14.4. The van der Waals surface area contributed by atoms with Crippen LogP contribution in [0.3, 0.4) is 0 Å². The van der Waals surface area contributed by atoms with Crippen molar-refractivity contribution in [1.29, 1.82) is 0 Å². The van der Waals surface area contributed by atoms with Gasteiger partial charge < -0.3 is 11.1 Å². The molecule has 6 nitrogen and oxygen atoms in total. The number of aromatic nitrogens is 1. The van der Waals surface area contributed by atoms with Gasteiger partial charge >= 0.3 is 0 Å². The van der Waals surface area contributed by atoms with Gasteiger partial charge in [0.05, 0.1) is 17.1 Å². The van der Waals surface area contributed by atoms with Gasteiger partial charge in [-0.2, -0.15) is 11.8 Å². The zero-order chi connectivity index (χ0) is 14.5. The van der Waals surface area contributed by atoms with Crippen LogP contribution < -0.4 is 11.1 Å². The van der Waals surface area contributed by atoms with E-state index in [-0.39, 0.29) is 16.3 Å². The van der Waals surface area contributed by atoms with Gasteiger partial charge in [0.25, 0.3) is 5.69 Å². The van der Waals surface area contributed by atoms with Crippen molar-refractivity contribution in [2.75, 3.05) is 23.9 Å². The van der Waals surface area contributed by atoms with Gasteiger partial charge in [-0.3, -0.25) is 10.1 Å². The maximum absolute atomic E-state index is 10.8. The number of hydrogen-bond donors (Lipinski definition) is 2. The lowest BCUT2D eigenvalue weighted by Crippen LogP contribution is -2.32. The first-order valence-corrected chi connectivity index (χ1v) is 7.39. The number of thioether (sulfide) groups is 1. The number of nitrogens with zero attached hydrogens (tertiary/aromatic N) is 2. The molecule has 0 bridgehead atoms. The molecule has 0 saturated heterocycles. The minimum absolute atomic E-state index is 0.0438. The van der Waals surface area contributed by atoms with Crippen LogP contribution >= 0.6 is 11.8 Å². The summed E-state index contributed by atoms with van der Waals surface area (Å²) in [6, 6.07) is 2.67. The van der Waals surface area contributed by atoms with Gasteiger partial charge in [0.1, 0.15) is 11.6 Å². The Morgan fingerprint density at radius 1 is 1.47 bits per heavy atom. The molecule has 0 radical (unpaired) electrons. The number of nitrogens with one attached hydrogen (secondary N) is 1. The Bertz CT molecular complexity index is 441. The number of rotatable bonds is 7. The van der Waals surface area contributed by atoms with Crippen LogP contribution in [0.15, 0.2) is 12.1 Å². The fraction of sp³-hybridized carbons (Fsp3) is 0.583. The maximum Gasteiger partial charge on any atom is 0.276 e. The Morgan fingerprint density at radius 3 is 2.58 bits per heavy atom. The molecule has 3 N–H and O–H groups in total. The summed E-state index contributed by atoms with van der Waals surface area (Å²) < 4.78 is 0.112. The lowest BCUT2D eigenvalue weighted by molar-refractivity contribution is -0.384. The lowest BCUT2D eigenvalue weighted by atomic mass is 10.0. The SMILES string of the molecule is CCC(CC)(CNc1cc([N+](=O)[O-])cc(N)n1)SC. The van der Waals surface area contributed by atoms with Crippen LogP contribution in [0.2, 0.25) is 0 Å². The van der Waals surface area contributed by atoms with E-state index < -0.39 is 4.92 Å². The second kappa shape index (κ2) is 6.60. The average molecular weight is 284 g/mol. The Labute approximate surface area is 117 Å². The Hall–Kier alpha value is -1.50. The molecule has 0 aliphatic rings. The summed E-state index contributed by atoms with van der Waals surface area (Å²) in [6.07, 6.45) is 4.11. The predicted molar refractivity (Wildman–Crippen MR) is 80.6 cm³/mol. The number of anilines is 2. The first kappa shape index (κ1) is 15.6. The van der Waals surface area contributed by atoms with Crippen molar-refractivity contribution in [3.8, 4) is 0 Å². The second-order valence-electron chi connectivity index (χ2n) is 4.34. The molecule has 0 saturated carbocycles. The van der Waals surface area contributed by atoms with E-state index in [1.807, 2.05) is 0 Å². The van der Waals surface area contributed by atoms with Crippen LogP contribution in [-0.4, -0.2) is 27.5 Å². The normalized spacial score (nSPS) is 11.3. The highest BCUT2D eigenvalue weighted by Crippen LogP contribution is 2.31. The summed E-state index contributed by atoms with van der Waals surface area (Å²) in [5.74, 6) is 0.603. The zero-order valence-electron chi connectivity index (χ0n) is 11.5. The molecule has 0 spiro atoms. The minimum atomic E-state index is -0.468. The molecule has 0 amide bonds. The van der Waals surface area contributed by atoms with Gasteiger partial charge in [0, 0.05) is 11.3 Å². The highest BCUT2D eigenvalue weighted by Gasteiger charge is 2.25. The largest absolute Gasteiger partial charge is 0.383 e. The first-order valence-electron chi connectivity index (χ1n) is 6.17. The van der Waals surface area contributed by atoms with Crippen LogP contribution in [-0.2, 0) is 0 Å². The zero-order valence-corrected chi connectivity index (χ0v) is 12.3. The van der Waals surface area contributed by atoms with E-state index in [0.29, 0.717) is 12.4 Å². The van der Waals surface area contributed by atoms with Gasteiger partial charge in [0.15, 0.2) is 0 Å². The molecule has 0 aliphatic heterocycles. The highest BCUT2D eigenvalue weighted by atomic mass is 32.2. The second-order valence-corrected chi connectivity index (χ2v) is 5.61. The van der Waals surface area contributed by atoms with E-state index in [1.54, 1.807) is 11.8 Å². The average Bonchev–Trinajstić information content (AvgIpc) is 2.40. The Balaban J connectivity index is 2.85. The molecule has 19 heavy (non-hydrogen) atoms. The van der Waals surface area contributed by atoms with Crippen molar-refractivity contribution in [2.24, 2.45) is 0 Å². The summed E-state index contributed by atoms with van der Waals surface area (Å²) in [6.45, 7) is 4.97. The van der Waals surface area contributed by atoms with Crippen molar-refractivity contribution in [3.63, 3.8) is 0 Å². The Morgan fingerprint density at radius 2 is 2.11 bits per heavy atom. The van der Waals surface area contributed by atoms with Gasteiger partial charge in [-0.1, -0.05) is 13.8 Å². The van der Waals surface area contributed by atoms with Gasteiger partial charge in [-0.05, 0) is 19.1 Å². The monoisotopic (exact) mass is 284 g/mol. The summed E-state index contributed by atoms with van der Waals surface area (Å²) in [5, 5.41) is 13.9. The summed E-state index contributed by atoms with van der Waals surface area (Å²) >= 11 is 1.80. The quantitative estimate of drug-likeness (QED) is 0.590. The van der Waals surface area contributed by atoms with E-state index in [9.17, 15) is 10.1 Å². The molecule has 1 heterocycles. The smallest absolute Gasteiger partial charge is 0.276 e. The van der Waals surface area contributed by atoms with Crippen LogP contribution in [0.25, 0.3) is 0 Å². The predicted octanol–water partition coefficient (Wildman–Crippen LogP) is 2.91. The molecule has 1 aromatic heterocycles. The lowest BCUT2D eigenvalue weighted by Gasteiger charge is -2.30. The number of nitro groups is 1. The van der Waals surface area contributed by atoms with Crippen molar-refractivity contribution < 1.29 is 4.92 Å². The van der Waals surface area contributed by atoms with Crippen LogP contribution in [0, 0.1) is 10.1 Å². The Kier molecular flexibility index (Phi) is 5.41. The van der Waals surface area contributed by atoms with Crippen molar-refractivity contribution in [1.82, 2.24) is 4.98 Å². The third-order valence-corrected chi connectivity index (χ3v) is 4.94. The van der Waals surface area contributed by atoms with Gasteiger partial charge in [-0.15, -0.1) is 0 Å². The summed E-state index contributed by atoms with van der Waals surface area (Å²) in [7, 11) is 0. The standard InChI is InChI=1S/C12H20N4O2S/c1-4-12(5-2,19-3)8-14-11-7-9(16(17)18)6-10(13)15-11/h6-7H,4-5,8H2,1-3H3,(H3,13,14,15). The van der Waals surface area contributed by atoms with E-state index in [4.69, 9.17) is 5.73 Å². The molecule has 0 fully saturated rings. The number of nitrogen functional groups attached to an aromatic ring is 1. The fourth-order valence-corrected chi connectivity index (χ4v) is 2.64. The van der Waals surface area contributed by atoms with E-state index in [0.717, 1.165) is 12.8 Å². The molecule has 0 atom stereocenters. The number of pyridine rings is 1. The number of nitrogens with two attached hydrogens (primary N) is 1.